The van der Waals surface area contributed by atoms with E-state index >= 15 is 0 Å². The third-order valence-corrected chi connectivity index (χ3v) is 14.6. The molecular weight excluding hydrogens is 765 g/mol. The van der Waals surface area contributed by atoms with Crippen molar-refractivity contribution in [2.24, 2.45) is 5.92 Å². The summed E-state index contributed by atoms with van der Waals surface area (Å²) >= 11 is 0. The lowest BCUT2D eigenvalue weighted by atomic mass is 9.81. The van der Waals surface area contributed by atoms with E-state index in [4.69, 9.17) is 9.47 Å². The maximum atomic E-state index is 14.6. The second kappa shape index (κ2) is 17.6. The first-order valence-corrected chi connectivity index (χ1v) is 23.6. The van der Waals surface area contributed by atoms with Gasteiger partial charge in [0.25, 0.3) is 23.6 Å². The first kappa shape index (κ1) is 40.4. The highest BCUT2D eigenvalue weighted by Gasteiger charge is 2.38. The molecule has 0 unspecified atom stereocenters. The Morgan fingerprint density at radius 1 is 0.459 bits per heavy atom. The van der Waals surface area contributed by atoms with Gasteiger partial charge in [-0.2, -0.15) is 0 Å². The number of fused-ring (bicyclic) bond motifs is 2. The van der Waals surface area contributed by atoms with Gasteiger partial charge in [-0.15, -0.1) is 0 Å². The highest BCUT2D eigenvalue weighted by atomic mass is 16.5. The molecule has 0 aromatic heterocycles. The number of ether oxygens (including phenoxy) is 2. The Bertz CT molecular complexity index is 2450. The van der Waals surface area contributed by atoms with Crippen molar-refractivity contribution in [3.63, 3.8) is 0 Å². The van der Waals surface area contributed by atoms with Crippen molar-refractivity contribution < 1.29 is 28.7 Å². The molecule has 4 heterocycles. The van der Waals surface area contributed by atoms with Gasteiger partial charge in [0.05, 0.1) is 38.5 Å². The van der Waals surface area contributed by atoms with Crippen LogP contribution in [0.25, 0.3) is 43.1 Å². The predicted octanol–water partition coefficient (Wildman–Crippen LogP) is 9.58. The topological polar surface area (TPSA) is 99.7 Å². The van der Waals surface area contributed by atoms with Crippen LogP contribution in [0.3, 0.4) is 0 Å². The molecule has 5 aromatic carbocycles. The molecule has 0 radical (unpaired) electrons. The molecule has 4 amide bonds. The Morgan fingerprint density at radius 3 is 1.59 bits per heavy atom. The van der Waals surface area contributed by atoms with Crippen LogP contribution in [0.2, 0.25) is 0 Å². The van der Waals surface area contributed by atoms with Gasteiger partial charge in [-0.3, -0.25) is 29.0 Å². The van der Waals surface area contributed by atoms with Gasteiger partial charge in [0.15, 0.2) is 0 Å². The highest BCUT2D eigenvalue weighted by molar-refractivity contribution is 6.42. The van der Waals surface area contributed by atoms with E-state index in [0.29, 0.717) is 59.5 Å². The molecule has 10 rings (SSSR count). The summed E-state index contributed by atoms with van der Waals surface area (Å²) in [4.78, 5) is 64.8. The molecule has 1 aliphatic carbocycles. The fourth-order valence-electron chi connectivity index (χ4n) is 11.4. The van der Waals surface area contributed by atoms with E-state index in [1.807, 2.05) is 42.5 Å². The van der Waals surface area contributed by atoms with Gasteiger partial charge in [0.1, 0.15) is 0 Å². The number of rotatable bonds is 14. The Balaban J connectivity index is 0.956. The first-order chi connectivity index (χ1) is 30.0. The molecule has 0 atom stereocenters. The standard InChI is InChI=1S/C51H60N4O6/c56-48-38-19-16-35-36-17-20-40-45-41(51(59)55(50(40)58)27-31-60-29-12-15-34-13-6-2-1-3-7-14-34)33-42(53-24-10-5-11-25-53)46(47(36)45)37-18-21-39(44(38)43(35)37)49(57)54(48)28-32-61-30-26-52-22-8-4-9-23-52/h16-21,33-34H,1-15,22-32H2. The number of amides is 4. The number of benzene rings is 5. The summed E-state index contributed by atoms with van der Waals surface area (Å²) < 4.78 is 12.1. The zero-order valence-corrected chi connectivity index (χ0v) is 35.7. The van der Waals surface area contributed by atoms with Crippen LogP contribution in [0.15, 0.2) is 42.5 Å². The van der Waals surface area contributed by atoms with E-state index in [1.165, 1.54) is 80.4 Å². The molecule has 1 saturated carbocycles. The predicted molar refractivity (Wildman–Crippen MR) is 241 cm³/mol. The largest absolute Gasteiger partial charge is 0.380 e. The van der Waals surface area contributed by atoms with E-state index in [-0.39, 0.29) is 36.7 Å². The van der Waals surface area contributed by atoms with Crippen molar-refractivity contribution >= 4 is 72.4 Å². The van der Waals surface area contributed by atoms with Gasteiger partial charge in [0.2, 0.25) is 0 Å². The summed E-state index contributed by atoms with van der Waals surface area (Å²) in [5, 5.41) is 6.87. The number of carbonyl (C=O) groups is 4. The average Bonchev–Trinajstić information content (AvgIpc) is 3.28. The van der Waals surface area contributed by atoms with Crippen LogP contribution >= 0.6 is 0 Å². The molecule has 10 heteroatoms. The van der Waals surface area contributed by atoms with E-state index in [2.05, 4.69) is 9.80 Å². The first-order valence-electron chi connectivity index (χ1n) is 23.6. The fourth-order valence-corrected chi connectivity index (χ4v) is 11.4. The molecule has 5 aromatic rings. The van der Waals surface area contributed by atoms with Crippen molar-refractivity contribution in [1.29, 1.82) is 0 Å². The lowest BCUT2D eigenvalue weighted by Crippen LogP contribution is -2.42. The molecule has 10 nitrogen and oxygen atoms in total. The Hall–Kier alpha value is -4.64. The molecule has 0 N–H and O–H groups in total. The molecule has 0 bridgehead atoms. The molecular formula is C51H60N4O6. The summed E-state index contributed by atoms with van der Waals surface area (Å²) in [5.74, 6) is -0.389. The summed E-state index contributed by atoms with van der Waals surface area (Å²) in [5.41, 5.74) is 3.07. The van der Waals surface area contributed by atoms with Crippen LogP contribution in [-0.2, 0) is 9.47 Å². The Morgan fingerprint density at radius 2 is 0.951 bits per heavy atom. The maximum absolute atomic E-state index is 14.6. The normalized spacial score (nSPS) is 19.6. The zero-order valence-electron chi connectivity index (χ0n) is 35.7. The van der Waals surface area contributed by atoms with Crippen molar-refractivity contribution in [3.8, 4) is 0 Å². The van der Waals surface area contributed by atoms with Gasteiger partial charge in [-0.05, 0) is 110 Å². The van der Waals surface area contributed by atoms with Gasteiger partial charge in [0, 0.05) is 70.2 Å². The SMILES string of the molecule is O=C1c2ccc3c4ccc5c6c(cc(N7CCCCC7)c(c7ccc(c2c37)C(=O)N1CCOCCN1CCCCC1)c64)C(=O)N(CCOCCCC1CCCCCCC1)C5=O. The fraction of sp³-hybridized carbons (Fsp3) is 0.529. The van der Waals surface area contributed by atoms with Crippen LogP contribution < -0.4 is 4.90 Å². The monoisotopic (exact) mass is 824 g/mol. The molecule has 61 heavy (non-hydrogen) atoms. The lowest BCUT2D eigenvalue weighted by molar-refractivity contribution is 0.0485. The van der Waals surface area contributed by atoms with Gasteiger partial charge >= 0.3 is 0 Å². The minimum atomic E-state index is -0.302. The van der Waals surface area contributed by atoms with Gasteiger partial charge in [-0.1, -0.05) is 69.6 Å². The number of imide groups is 2. The average molecular weight is 825 g/mol. The van der Waals surface area contributed by atoms with Crippen LogP contribution in [-0.4, -0.2) is 111 Å². The highest BCUT2D eigenvalue weighted by Crippen LogP contribution is 2.49. The molecule has 0 spiro atoms. The second-order valence-electron chi connectivity index (χ2n) is 18.4. The quantitative estimate of drug-likeness (QED) is 0.0473. The number of nitrogens with zero attached hydrogens (tertiary/aromatic N) is 4. The van der Waals surface area contributed by atoms with E-state index in [9.17, 15) is 19.2 Å². The minimum Gasteiger partial charge on any atom is -0.380 e. The van der Waals surface area contributed by atoms with Gasteiger partial charge < -0.3 is 19.3 Å². The smallest absolute Gasteiger partial charge is 0.261 e. The molecule has 320 valence electrons. The third kappa shape index (κ3) is 7.46. The Labute approximate surface area is 358 Å². The van der Waals surface area contributed by atoms with Crippen LogP contribution in [0.1, 0.15) is 138 Å². The number of hydrogen-bond donors (Lipinski definition) is 0. The molecule has 4 aliphatic heterocycles. The lowest BCUT2D eigenvalue weighted by Gasteiger charge is -2.34. The van der Waals surface area contributed by atoms with E-state index < -0.39 is 0 Å². The molecule has 5 aliphatic rings. The number of anilines is 1. The number of carbonyl (C=O) groups excluding carboxylic acids is 4. The van der Waals surface area contributed by atoms with Crippen LogP contribution in [0, 0.1) is 5.92 Å². The minimum absolute atomic E-state index is 0.195. The molecule has 3 fully saturated rings. The van der Waals surface area contributed by atoms with E-state index in [0.717, 1.165) is 102 Å². The number of likely N-dealkylation sites (tertiary alicyclic amines) is 1. The maximum Gasteiger partial charge on any atom is 0.261 e. The number of piperidine rings is 2. The van der Waals surface area contributed by atoms with E-state index in [1.54, 1.807) is 0 Å². The van der Waals surface area contributed by atoms with Crippen LogP contribution in [0.4, 0.5) is 5.69 Å². The Kier molecular flexibility index (Phi) is 11.7. The van der Waals surface area contributed by atoms with Crippen molar-refractivity contribution in [2.75, 3.05) is 77.1 Å². The summed E-state index contributed by atoms with van der Waals surface area (Å²) in [6, 6.07) is 13.7. The second-order valence-corrected chi connectivity index (χ2v) is 18.4. The van der Waals surface area contributed by atoms with Crippen molar-refractivity contribution in [1.82, 2.24) is 14.7 Å². The molecule has 2 saturated heterocycles. The summed E-state index contributed by atoms with van der Waals surface area (Å²) in [6.45, 7) is 7.01. The van der Waals surface area contributed by atoms with Gasteiger partial charge in [-0.25, -0.2) is 0 Å². The third-order valence-electron chi connectivity index (χ3n) is 14.6. The van der Waals surface area contributed by atoms with Crippen molar-refractivity contribution in [2.45, 2.75) is 96.3 Å². The zero-order chi connectivity index (χ0) is 41.5. The number of hydrogen-bond acceptors (Lipinski definition) is 8. The van der Waals surface area contributed by atoms with Crippen LogP contribution in [0.5, 0.6) is 0 Å². The summed E-state index contributed by atoms with van der Waals surface area (Å²) in [7, 11) is 0. The summed E-state index contributed by atoms with van der Waals surface area (Å²) in [6.07, 6.45) is 18.6. The van der Waals surface area contributed by atoms with Crippen molar-refractivity contribution in [3.05, 3.63) is 64.7 Å².